The molecule has 0 aliphatic carbocycles. The molecule has 1 aromatic carbocycles. The number of amides is 1. The molecule has 1 rings (SSSR count). The van der Waals surface area contributed by atoms with Crippen LogP contribution in [0.1, 0.15) is 68.6 Å². The summed E-state index contributed by atoms with van der Waals surface area (Å²) in [5.41, 5.74) is -0.227. The fourth-order valence-corrected chi connectivity index (χ4v) is 2.23. The number of unbranched alkanes of at least 4 members (excludes halogenated alkanes) is 7. The van der Waals surface area contributed by atoms with Crippen LogP contribution in [0, 0.1) is 11.6 Å². The van der Waals surface area contributed by atoms with Gasteiger partial charge in [-0.25, -0.2) is 8.78 Å². The molecule has 118 valence electrons. The van der Waals surface area contributed by atoms with Crippen LogP contribution < -0.4 is 5.32 Å². The summed E-state index contributed by atoms with van der Waals surface area (Å²) < 4.78 is 26.3. The lowest BCUT2D eigenvalue weighted by Gasteiger charge is -2.06. The third-order valence-corrected chi connectivity index (χ3v) is 3.49. The van der Waals surface area contributed by atoms with Gasteiger partial charge in [0.2, 0.25) is 0 Å². The number of carbonyl (C=O) groups excluding carboxylic acids is 1. The van der Waals surface area contributed by atoms with Crippen molar-refractivity contribution in [3.05, 3.63) is 35.4 Å². The maximum Gasteiger partial charge on any atom is 0.254 e. The van der Waals surface area contributed by atoms with Gasteiger partial charge < -0.3 is 5.32 Å². The molecule has 0 fully saturated rings. The average Bonchev–Trinajstić information content (AvgIpc) is 2.48. The Kier molecular flexibility index (Phi) is 8.63. The number of hydrogen-bond acceptors (Lipinski definition) is 1. The first-order chi connectivity index (χ1) is 10.1. The van der Waals surface area contributed by atoms with E-state index in [0.717, 1.165) is 37.5 Å². The number of hydrogen-bond donors (Lipinski definition) is 1. The van der Waals surface area contributed by atoms with Gasteiger partial charge in [0, 0.05) is 6.54 Å². The fourth-order valence-electron chi connectivity index (χ4n) is 2.23. The molecule has 1 N–H and O–H groups in total. The summed E-state index contributed by atoms with van der Waals surface area (Å²) in [6.45, 7) is 2.70. The molecule has 0 heterocycles. The Morgan fingerprint density at radius 1 is 1.00 bits per heavy atom. The Balaban J connectivity index is 2.12. The number of rotatable bonds is 10. The van der Waals surface area contributed by atoms with Crippen LogP contribution in [-0.4, -0.2) is 12.5 Å². The maximum atomic E-state index is 13.4. The highest BCUT2D eigenvalue weighted by Gasteiger charge is 2.11. The third kappa shape index (κ3) is 7.21. The Bertz CT molecular complexity index is 435. The van der Waals surface area contributed by atoms with Crippen molar-refractivity contribution in [2.45, 2.75) is 58.3 Å². The third-order valence-electron chi connectivity index (χ3n) is 3.49. The van der Waals surface area contributed by atoms with Crippen molar-refractivity contribution in [3.63, 3.8) is 0 Å². The molecule has 0 aliphatic heterocycles. The van der Waals surface area contributed by atoms with Gasteiger partial charge >= 0.3 is 0 Å². The second-order valence-corrected chi connectivity index (χ2v) is 5.35. The van der Waals surface area contributed by atoms with Crippen molar-refractivity contribution < 1.29 is 13.6 Å². The molecule has 0 aromatic heterocycles. The monoisotopic (exact) mass is 297 g/mol. The van der Waals surface area contributed by atoms with Gasteiger partial charge in [0.05, 0.1) is 5.56 Å². The highest BCUT2D eigenvalue weighted by Crippen LogP contribution is 2.10. The molecule has 1 aromatic rings. The fraction of sp³-hybridized carbons (Fsp3) is 0.588. The second kappa shape index (κ2) is 10.3. The molecule has 0 saturated carbocycles. The first kappa shape index (κ1) is 17.6. The quantitative estimate of drug-likeness (QED) is 0.615. The number of nitrogens with one attached hydrogen (secondary N) is 1. The predicted octanol–water partition coefficient (Wildman–Crippen LogP) is 4.84. The molecule has 2 nitrogen and oxygen atoms in total. The van der Waals surface area contributed by atoms with E-state index in [9.17, 15) is 13.6 Å². The summed E-state index contributed by atoms with van der Waals surface area (Å²) in [7, 11) is 0. The highest BCUT2D eigenvalue weighted by molar-refractivity contribution is 5.94. The standard InChI is InChI=1S/C17H25F2NO/c1-2-3-4-5-6-7-8-9-12-20-17(21)15-13-14(18)10-11-16(15)19/h10-11,13H,2-9,12H2,1H3,(H,20,21). The van der Waals surface area contributed by atoms with Crippen LogP contribution in [0.15, 0.2) is 18.2 Å². The smallest absolute Gasteiger partial charge is 0.254 e. The number of carbonyl (C=O) groups is 1. The molecule has 21 heavy (non-hydrogen) atoms. The molecule has 0 bridgehead atoms. The van der Waals surface area contributed by atoms with Gasteiger partial charge in [0.25, 0.3) is 5.91 Å². The molecule has 4 heteroatoms. The summed E-state index contributed by atoms with van der Waals surface area (Å²) in [5.74, 6) is -1.84. The molecule has 0 aliphatic rings. The summed E-state index contributed by atoms with van der Waals surface area (Å²) >= 11 is 0. The van der Waals surface area contributed by atoms with Crippen molar-refractivity contribution in [3.8, 4) is 0 Å². The van der Waals surface area contributed by atoms with Gasteiger partial charge in [-0.1, -0.05) is 51.9 Å². The second-order valence-electron chi connectivity index (χ2n) is 5.35. The van der Waals surface area contributed by atoms with E-state index in [-0.39, 0.29) is 5.56 Å². The molecule has 0 saturated heterocycles. The maximum absolute atomic E-state index is 13.4. The Morgan fingerprint density at radius 2 is 1.62 bits per heavy atom. The van der Waals surface area contributed by atoms with E-state index in [1.807, 2.05) is 0 Å². The van der Waals surface area contributed by atoms with E-state index in [2.05, 4.69) is 12.2 Å². The van der Waals surface area contributed by atoms with Crippen molar-refractivity contribution in [1.82, 2.24) is 5.32 Å². The lowest BCUT2D eigenvalue weighted by molar-refractivity contribution is 0.0948. The number of halogens is 2. The first-order valence-electron chi connectivity index (χ1n) is 7.88. The van der Waals surface area contributed by atoms with E-state index < -0.39 is 17.5 Å². The van der Waals surface area contributed by atoms with Crippen LogP contribution >= 0.6 is 0 Å². The SMILES string of the molecule is CCCCCCCCCCNC(=O)c1cc(F)ccc1F. The minimum Gasteiger partial charge on any atom is -0.352 e. The highest BCUT2D eigenvalue weighted by atomic mass is 19.1. The van der Waals surface area contributed by atoms with Crippen LogP contribution in [0.3, 0.4) is 0 Å². The summed E-state index contributed by atoms with van der Waals surface area (Å²) in [6, 6.07) is 2.91. The Labute approximate surface area is 125 Å². The van der Waals surface area contributed by atoms with Crippen molar-refractivity contribution in [2.75, 3.05) is 6.54 Å². The zero-order chi connectivity index (χ0) is 15.5. The molecule has 0 radical (unpaired) electrons. The molecule has 1 amide bonds. The van der Waals surface area contributed by atoms with Crippen LogP contribution in [0.25, 0.3) is 0 Å². The normalized spacial score (nSPS) is 10.6. The van der Waals surface area contributed by atoms with E-state index in [4.69, 9.17) is 0 Å². The van der Waals surface area contributed by atoms with Gasteiger partial charge in [-0.15, -0.1) is 0 Å². The van der Waals surface area contributed by atoms with E-state index in [1.165, 1.54) is 32.1 Å². The summed E-state index contributed by atoms with van der Waals surface area (Å²) in [4.78, 5) is 11.7. The van der Waals surface area contributed by atoms with Gasteiger partial charge in [-0.3, -0.25) is 4.79 Å². The largest absolute Gasteiger partial charge is 0.352 e. The molecular formula is C17H25F2NO. The zero-order valence-corrected chi connectivity index (χ0v) is 12.8. The minimum absolute atomic E-state index is 0.227. The lowest BCUT2D eigenvalue weighted by Crippen LogP contribution is -2.25. The van der Waals surface area contributed by atoms with E-state index >= 15 is 0 Å². The zero-order valence-electron chi connectivity index (χ0n) is 12.8. The predicted molar refractivity (Wildman–Crippen MR) is 81.3 cm³/mol. The van der Waals surface area contributed by atoms with Crippen molar-refractivity contribution in [2.24, 2.45) is 0 Å². The molecular weight excluding hydrogens is 272 g/mol. The average molecular weight is 297 g/mol. The van der Waals surface area contributed by atoms with Gasteiger partial charge in [0.15, 0.2) is 0 Å². The summed E-state index contributed by atoms with van der Waals surface area (Å²) in [5, 5.41) is 2.63. The summed E-state index contributed by atoms with van der Waals surface area (Å²) in [6.07, 6.45) is 9.44. The topological polar surface area (TPSA) is 29.1 Å². The van der Waals surface area contributed by atoms with Crippen molar-refractivity contribution in [1.29, 1.82) is 0 Å². The van der Waals surface area contributed by atoms with Crippen LogP contribution in [0.5, 0.6) is 0 Å². The van der Waals surface area contributed by atoms with Crippen LogP contribution in [0.4, 0.5) is 8.78 Å². The molecule has 0 spiro atoms. The first-order valence-corrected chi connectivity index (χ1v) is 7.88. The number of benzene rings is 1. The Hall–Kier alpha value is -1.45. The van der Waals surface area contributed by atoms with Crippen LogP contribution in [-0.2, 0) is 0 Å². The Morgan fingerprint density at radius 3 is 2.29 bits per heavy atom. The minimum atomic E-state index is -0.690. The molecule has 0 unspecified atom stereocenters. The van der Waals surface area contributed by atoms with Gasteiger partial charge in [-0.2, -0.15) is 0 Å². The van der Waals surface area contributed by atoms with E-state index in [1.54, 1.807) is 0 Å². The van der Waals surface area contributed by atoms with Crippen molar-refractivity contribution >= 4 is 5.91 Å². The van der Waals surface area contributed by atoms with E-state index in [0.29, 0.717) is 6.54 Å². The lowest BCUT2D eigenvalue weighted by atomic mass is 10.1. The van der Waals surface area contributed by atoms with Gasteiger partial charge in [-0.05, 0) is 24.6 Å². The van der Waals surface area contributed by atoms with Crippen LogP contribution in [0.2, 0.25) is 0 Å². The molecule has 0 atom stereocenters. The van der Waals surface area contributed by atoms with Gasteiger partial charge in [0.1, 0.15) is 11.6 Å².